The normalized spacial score (nSPS) is 14.4. The standard InChI is InChI=1S/C23H24N6O/c1-24-22-18-6-4-16(12-15(18)8-9-25-22)23(30)26-17-5-7-19-20(13-17)28-21(27-19)14-29-10-2-3-11-29/h4-9,12-13H,2-3,10-11,14H2,1H3,(H,24,25)(H,26,30)(H,27,28). The van der Waals surface area contributed by atoms with Crippen LogP contribution in [0.5, 0.6) is 0 Å². The first kappa shape index (κ1) is 18.6. The van der Waals surface area contributed by atoms with E-state index < -0.39 is 0 Å². The predicted molar refractivity (Wildman–Crippen MR) is 120 cm³/mol. The molecule has 0 atom stereocenters. The first-order valence-electron chi connectivity index (χ1n) is 10.3. The number of nitrogens with one attached hydrogen (secondary N) is 3. The van der Waals surface area contributed by atoms with Gasteiger partial charge in [-0.25, -0.2) is 9.97 Å². The molecule has 4 aromatic rings. The van der Waals surface area contributed by atoms with Gasteiger partial charge < -0.3 is 15.6 Å². The van der Waals surface area contributed by atoms with Crippen molar-refractivity contribution in [2.45, 2.75) is 19.4 Å². The highest BCUT2D eigenvalue weighted by Gasteiger charge is 2.14. The summed E-state index contributed by atoms with van der Waals surface area (Å²) in [6.07, 6.45) is 4.26. The zero-order valence-corrected chi connectivity index (χ0v) is 16.9. The summed E-state index contributed by atoms with van der Waals surface area (Å²) in [5.41, 5.74) is 3.20. The number of carbonyl (C=O) groups excluding carboxylic acids is 1. The number of pyridine rings is 1. The summed E-state index contributed by atoms with van der Waals surface area (Å²) in [5.74, 6) is 1.63. The Morgan fingerprint density at radius 1 is 1.13 bits per heavy atom. The quantitative estimate of drug-likeness (QED) is 0.471. The molecule has 152 valence electrons. The van der Waals surface area contributed by atoms with Crippen LogP contribution in [-0.2, 0) is 6.54 Å². The van der Waals surface area contributed by atoms with Crippen molar-refractivity contribution in [3.63, 3.8) is 0 Å². The van der Waals surface area contributed by atoms with Gasteiger partial charge in [0.25, 0.3) is 5.91 Å². The first-order chi connectivity index (χ1) is 14.7. The number of H-pyrrole nitrogens is 1. The van der Waals surface area contributed by atoms with Gasteiger partial charge in [-0.15, -0.1) is 0 Å². The highest BCUT2D eigenvalue weighted by atomic mass is 16.1. The number of hydrogen-bond donors (Lipinski definition) is 3. The number of hydrogen-bond acceptors (Lipinski definition) is 5. The van der Waals surface area contributed by atoms with E-state index in [-0.39, 0.29) is 5.91 Å². The minimum absolute atomic E-state index is 0.143. The Morgan fingerprint density at radius 3 is 2.83 bits per heavy atom. The molecule has 2 aromatic carbocycles. The second-order valence-electron chi connectivity index (χ2n) is 7.70. The van der Waals surface area contributed by atoms with E-state index in [0.29, 0.717) is 5.56 Å². The fourth-order valence-electron chi connectivity index (χ4n) is 4.09. The van der Waals surface area contributed by atoms with Gasteiger partial charge in [-0.05, 0) is 73.8 Å². The summed E-state index contributed by atoms with van der Waals surface area (Å²) in [6.45, 7) is 3.11. The Bertz CT molecular complexity index is 1230. The number of anilines is 2. The maximum absolute atomic E-state index is 12.8. The van der Waals surface area contributed by atoms with E-state index in [1.54, 1.807) is 6.20 Å². The summed E-state index contributed by atoms with van der Waals surface area (Å²) in [6, 6.07) is 13.3. The molecule has 1 aliphatic heterocycles. The van der Waals surface area contributed by atoms with E-state index in [1.165, 1.54) is 12.8 Å². The Morgan fingerprint density at radius 2 is 2.00 bits per heavy atom. The average Bonchev–Trinajstić information content (AvgIpc) is 3.42. The van der Waals surface area contributed by atoms with E-state index in [1.807, 2.05) is 49.5 Å². The number of aromatic nitrogens is 3. The number of benzene rings is 2. The van der Waals surface area contributed by atoms with E-state index in [4.69, 9.17) is 0 Å². The number of carbonyl (C=O) groups is 1. The molecule has 0 unspecified atom stereocenters. The number of likely N-dealkylation sites (tertiary alicyclic amines) is 1. The lowest BCUT2D eigenvalue weighted by molar-refractivity contribution is 0.102. The van der Waals surface area contributed by atoms with Crippen LogP contribution in [0.3, 0.4) is 0 Å². The largest absolute Gasteiger partial charge is 0.373 e. The van der Waals surface area contributed by atoms with Crippen molar-refractivity contribution in [2.75, 3.05) is 30.8 Å². The van der Waals surface area contributed by atoms with Crippen molar-refractivity contribution in [3.05, 3.63) is 60.0 Å². The van der Waals surface area contributed by atoms with E-state index in [9.17, 15) is 4.79 Å². The zero-order chi connectivity index (χ0) is 20.5. The van der Waals surface area contributed by atoms with Gasteiger partial charge in [0.05, 0.1) is 17.6 Å². The maximum atomic E-state index is 12.8. The smallest absolute Gasteiger partial charge is 0.255 e. The molecule has 5 rings (SSSR count). The van der Waals surface area contributed by atoms with Crippen LogP contribution in [0.2, 0.25) is 0 Å². The van der Waals surface area contributed by atoms with Gasteiger partial charge in [0.15, 0.2) is 0 Å². The number of fused-ring (bicyclic) bond motifs is 2. The third kappa shape index (κ3) is 3.59. The molecule has 1 fully saturated rings. The molecule has 7 heteroatoms. The fourth-order valence-corrected chi connectivity index (χ4v) is 4.09. The molecule has 1 amide bonds. The molecular formula is C23H24N6O. The molecule has 0 aliphatic carbocycles. The highest BCUT2D eigenvalue weighted by molar-refractivity contribution is 6.07. The summed E-state index contributed by atoms with van der Waals surface area (Å²) in [4.78, 5) is 27.6. The van der Waals surface area contributed by atoms with Crippen LogP contribution in [0.1, 0.15) is 29.0 Å². The zero-order valence-electron chi connectivity index (χ0n) is 16.9. The molecule has 3 heterocycles. The Kier molecular flexibility index (Phi) is 4.80. The molecule has 0 bridgehead atoms. The van der Waals surface area contributed by atoms with Crippen molar-refractivity contribution in [1.29, 1.82) is 0 Å². The molecule has 3 N–H and O–H groups in total. The van der Waals surface area contributed by atoms with Gasteiger partial charge in [-0.3, -0.25) is 9.69 Å². The lowest BCUT2D eigenvalue weighted by Crippen LogP contribution is -2.19. The van der Waals surface area contributed by atoms with Crippen molar-refractivity contribution in [2.24, 2.45) is 0 Å². The minimum atomic E-state index is -0.143. The molecular weight excluding hydrogens is 376 g/mol. The average molecular weight is 400 g/mol. The SMILES string of the molecule is CNc1nccc2cc(C(=O)Nc3ccc4nc(CN5CCCC5)[nH]c4c3)ccc12. The van der Waals surface area contributed by atoms with Gasteiger partial charge in [0.1, 0.15) is 11.6 Å². The van der Waals surface area contributed by atoms with Gasteiger partial charge in [-0.1, -0.05) is 0 Å². The van der Waals surface area contributed by atoms with E-state index in [2.05, 4.69) is 30.5 Å². The number of rotatable bonds is 5. The maximum Gasteiger partial charge on any atom is 0.255 e. The summed E-state index contributed by atoms with van der Waals surface area (Å²) in [5, 5.41) is 8.03. The van der Waals surface area contributed by atoms with Gasteiger partial charge in [-0.2, -0.15) is 0 Å². The number of aromatic amines is 1. The van der Waals surface area contributed by atoms with Crippen molar-refractivity contribution < 1.29 is 4.79 Å². The molecule has 1 aliphatic rings. The molecule has 7 nitrogen and oxygen atoms in total. The second-order valence-corrected chi connectivity index (χ2v) is 7.70. The number of amides is 1. The topological polar surface area (TPSA) is 85.9 Å². The molecule has 0 radical (unpaired) electrons. The van der Waals surface area contributed by atoms with Gasteiger partial charge in [0.2, 0.25) is 0 Å². The monoisotopic (exact) mass is 400 g/mol. The highest BCUT2D eigenvalue weighted by Crippen LogP contribution is 2.23. The Labute approximate surface area is 174 Å². The molecule has 1 saturated heterocycles. The predicted octanol–water partition coefficient (Wildman–Crippen LogP) is 4.00. The van der Waals surface area contributed by atoms with Crippen LogP contribution >= 0.6 is 0 Å². The lowest BCUT2D eigenvalue weighted by atomic mass is 10.1. The van der Waals surface area contributed by atoms with E-state index in [0.717, 1.165) is 58.8 Å². The molecule has 0 saturated carbocycles. The van der Waals surface area contributed by atoms with Crippen LogP contribution in [0.15, 0.2) is 48.7 Å². The van der Waals surface area contributed by atoms with Crippen molar-refractivity contribution in [3.8, 4) is 0 Å². The van der Waals surface area contributed by atoms with Crippen molar-refractivity contribution in [1.82, 2.24) is 19.9 Å². The van der Waals surface area contributed by atoms with Gasteiger partial charge >= 0.3 is 0 Å². The van der Waals surface area contributed by atoms with Crippen LogP contribution in [0.25, 0.3) is 21.8 Å². The van der Waals surface area contributed by atoms with Crippen LogP contribution in [0.4, 0.5) is 11.5 Å². The Balaban J connectivity index is 1.35. The molecule has 0 spiro atoms. The summed E-state index contributed by atoms with van der Waals surface area (Å²) < 4.78 is 0. The van der Waals surface area contributed by atoms with Gasteiger partial charge in [0, 0.05) is 29.9 Å². The third-order valence-electron chi connectivity index (χ3n) is 5.62. The molecule has 30 heavy (non-hydrogen) atoms. The van der Waals surface area contributed by atoms with Crippen LogP contribution in [0, 0.1) is 0 Å². The van der Waals surface area contributed by atoms with Crippen LogP contribution in [-0.4, -0.2) is 45.9 Å². The minimum Gasteiger partial charge on any atom is -0.373 e. The van der Waals surface area contributed by atoms with Crippen molar-refractivity contribution >= 4 is 39.2 Å². The third-order valence-corrected chi connectivity index (χ3v) is 5.62. The summed E-state index contributed by atoms with van der Waals surface area (Å²) in [7, 11) is 1.84. The van der Waals surface area contributed by atoms with Crippen LogP contribution < -0.4 is 10.6 Å². The second kappa shape index (κ2) is 7.76. The van der Waals surface area contributed by atoms with E-state index >= 15 is 0 Å². The lowest BCUT2D eigenvalue weighted by Gasteiger charge is -2.11. The number of imidazole rings is 1. The summed E-state index contributed by atoms with van der Waals surface area (Å²) >= 11 is 0. The Hall–Kier alpha value is -3.45. The number of nitrogens with zero attached hydrogens (tertiary/aromatic N) is 3. The first-order valence-corrected chi connectivity index (χ1v) is 10.3. The fraction of sp³-hybridized carbons (Fsp3) is 0.261. The molecule has 2 aromatic heterocycles.